The highest BCUT2D eigenvalue weighted by Crippen LogP contribution is 2.25. The van der Waals surface area contributed by atoms with E-state index in [1.165, 1.54) is 5.56 Å². The highest BCUT2D eigenvalue weighted by atomic mass is 35.5. The van der Waals surface area contributed by atoms with Gasteiger partial charge in [-0.1, -0.05) is 55.8 Å². The maximum absolute atomic E-state index is 11.9. The molecule has 0 fully saturated rings. The van der Waals surface area contributed by atoms with Crippen LogP contribution in [0, 0.1) is 0 Å². The summed E-state index contributed by atoms with van der Waals surface area (Å²) >= 11 is 7.64. The fraction of sp³-hybridized carbons (Fsp3) is 0.350. The Morgan fingerprint density at radius 3 is 2.60 bits per heavy atom. The average Bonchev–Trinajstić information content (AvgIpc) is 2.61. The number of carbonyl (C=O) groups excluding carboxylic acids is 1. The summed E-state index contributed by atoms with van der Waals surface area (Å²) in [5.74, 6) is 2.82. The van der Waals surface area contributed by atoms with E-state index in [4.69, 9.17) is 16.3 Å². The molecule has 1 amide bonds. The lowest BCUT2D eigenvalue weighted by Crippen LogP contribution is -2.30. The number of rotatable bonds is 9. The van der Waals surface area contributed by atoms with Crippen molar-refractivity contribution in [3.63, 3.8) is 0 Å². The van der Waals surface area contributed by atoms with E-state index in [0.29, 0.717) is 12.5 Å². The molecule has 2 aromatic rings. The van der Waals surface area contributed by atoms with Crippen molar-refractivity contribution in [3.05, 3.63) is 64.7 Å². The number of halogens is 1. The first-order valence-electron chi connectivity index (χ1n) is 8.37. The molecule has 3 nitrogen and oxygen atoms in total. The van der Waals surface area contributed by atoms with Crippen molar-refractivity contribution in [2.24, 2.45) is 0 Å². The number of carbonyl (C=O) groups is 1. The van der Waals surface area contributed by atoms with Crippen LogP contribution in [0.5, 0.6) is 5.75 Å². The number of nitrogens with one attached hydrogen (secondary N) is 1. The van der Waals surface area contributed by atoms with Gasteiger partial charge in [-0.25, -0.2) is 0 Å². The van der Waals surface area contributed by atoms with E-state index in [1.807, 2.05) is 48.5 Å². The number of thioether (sulfide) groups is 1. The monoisotopic (exact) mass is 377 g/mol. The smallest absolute Gasteiger partial charge is 0.257 e. The van der Waals surface area contributed by atoms with Gasteiger partial charge in [0.15, 0.2) is 6.61 Å². The number of hydrogen-bond donors (Lipinski definition) is 1. The van der Waals surface area contributed by atoms with E-state index in [9.17, 15) is 4.79 Å². The van der Waals surface area contributed by atoms with Gasteiger partial charge in [-0.2, -0.15) is 11.8 Å². The van der Waals surface area contributed by atoms with Crippen LogP contribution in [0.4, 0.5) is 0 Å². The fourth-order valence-corrected chi connectivity index (χ4v) is 3.26. The van der Waals surface area contributed by atoms with Crippen molar-refractivity contribution in [1.82, 2.24) is 5.32 Å². The molecule has 0 aromatic heterocycles. The Labute approximate surface area is 159 Å². The zero-order valence-electron chi connectivity index (χ0n) is 14.6. The quantitative estimate of drug-likeness (QED) is 0.632. The summed E-state index contributed by atoms with van der Waals surface area (Å²) in [6.45, 7) is 4.90. The van der Waals surface area contributed by atoms with Gasteiger partial charge in [-0.3, -0.25) is 4.79 Å². The Balaban J connectivity index is 1.63. The maximum atomic E-state index is 11.9. The van der Waals surface area contributed by atoms with Gasteiger partial charge in [0.2, 0.25) is 0 Å². The minimum absolute atomic E-state index is 0.0472. The van der Waals surface area contributed by atoms with E-state index >= 15 is 0 Å². The Hall–Kier alpha value is -1.65. The Morgan fingerprint density at radius 2 is 1.88 bits per heavy atom. The molecule has 134 valence electrons. The van der Waals surface area contributed by atoms with Gasteiger partial charge >= 0.3 is 0 Å². The van der Waals surface area contributed by atoms with Gasteiger partial charge in [0, 0.05) is 23.1 Å². The van der Waals surface area contributed by atoms with Gasteiger partial charge in [-0.15, -0.1) is 0 Å². The van der Waals surface area contributed by atoms with Crippen molar-refractivity contribution in [3.8, 4) is 5.75 Å². The molecule has 0 saturated heterocycles. The largest absolute Gasteiger partial charge is 0.483 e. The summed E-state index contributed by atoms with van der Waals surface area (Å²) in [5.41, 5.74) is 2.35. The predicted molar refractivity (Wildman–Crippen MR) is 107 cm³/mol. The first-order valence-corrected chi connectivity index (χ1v) is 9.90. The van der Waals surface area contributed by atoms with Crippen molar-refractivity contribution in [1.29, 1.82) is 0 Å². The van der Waals surface area contributed by atoms with Crippen LogP contribution in [-0.2, 0) is 10.5 Å². The number of ether oxygens (including phenoxy) is 1. The van der Waals surface area contributed by atoms with Gasteiger partial charge in [0.05, 0.1) is 0 Å². The lowest BCUT2D eigenvalue weighted by Gasteiger charge is -2.13. The zero-order valence-corrected chi connectivity index (χ0v) is 16.2. The third-order valence-corrected chi connectivity index (χ3v) is 4.93. The molecule has 0 aliphatic rings. The van der Waals surface area contributed by atoms with Crippen LogP contribution in [-0.4, -0.2) is 24.8 Å². The van der Waals surface area contributed by atoms with Gasteiger partial charge in [-0.05, 0) is 35.2 Å². The van der Waals surface area contributed by atoms with Crippen LogP contribution < -0.4 is 10.1 Å². The molecular formula is C20H24ClNO2S. The second-order valence-corrected chi connectivity index (χ2v) is 7.55. The van der Waals surface area contributed by atoms with Crippen LogP contribution in [0.15, 0.2) is 48.5 Å². The molecule has 5 heteroatoms. The number of para-hydroxylation sites is 1. The average molecular weight is 378 g/mol. The summed E-state index contributed by atoms with van der Waals surface area (Å²) in [6.07, 6.45) is 0. The van der Waals surface area contributed by atoms with E-state index in [-0.39, 0.29) is 12.5 Å². The van der Waals surface area contributed by atoms with E-state index < -0.39 is 0 Å². The molecule has 0 bridgehead atoms. The van der Waals surface area contributed by atoms with Gasteiger partial charge < -0.3 is 10.1 Å². The van der Waals surface area contributed by atoms with Gasteiger partial charge in [0.25, 0.3) is 5.91 Å². The molecule has 0 aliphatic heterocycles. The molecular weight excluding hydrogens is 354 g/mol. The summed E-state index contributed by atoms with van der Waals surface area (Å²) in [5, 5.41) is 3.64. The Kier molecular flexibility index (Phi) is 8.16. The normalized spacial score (nSPS) is 10.7. The Morgan fingerprint density at radius 1 is 1.16 bits per heavy atom. The molecule has 0 saturated carbocycles. The first kappa shape index (κ1) is 19.7. The van der Waals surface area contributed by atoms with Crippen LogP contribution in [0.25, 0.3) is 0 Å². The molecule has 0 atom stereocenters. The van der Waals surface area contributed by atoms with Crippen molar-refractivity contribution in [2.75, 3.05) is 18.9 Å². The van der Waals surface area contributed by atoms with Crippen LogP contribution >= 0.6 is 23.4 Å². The minimum atomic E-state index is -0.0920. The van der Waals surface area contributed by atoms with Gasteiger partial charge in [0.1, 0.15) is 5.75 Å². The molecule has 0 radical (unpaired) electrons. The third-order valence-electron chi connectivity index (χ3n) is 3.65. The molecule has 0 unspecified atom stereocenters. The van der Waals surface area contributed by atoms with Crippen LogP contribution in [0.1, 0.15) is 30.9 Å². The zero-order chi connectivity index (χ0) is 18.1. The lowest BCUT2D eigenvalue weighted by atomic mass is 10.0. The highest BCUT2D eigenvalue weighted by molar-refractivity contribution is 7.98. The summed E-state index contributed by atoms with van der Waals surface area (Å²) in [7, 11) is 0. The second-order valence-electron chi connectivity index (χ2n) is 6.01. The van der Waals surface area contributed by atoms with Crippen LogP contribution in [0.3, 0.4) is 0 Å². The molecule has 25 heavy (non-hydrogen) atoms. The summed E-state index contributed by atoms with van der Waals surface area (Å²) < 4.78 is 5.67. The summed E-state index contributed by atoms with van der Waals surface area (Å²) in [4.78, 5) is 11.9. The molecule has 2 rings (SSSR count). The minimum Gasteiger partial charge on any atom is -0.483 e. The number of amides is 1. The van der Waals surface area contributed by atoms with Crippen molar-refractivity contribution in [2.45, 2.75) is 25.5 Å². The Bertz CT molecular complexity index is 674. The van der Waals surface area contributed by atoms with E-state index in [0.717, 1.165) is 27.8 Å². The second kappa shape index (κ2) is 10.4. The van der Waals surface area contributed by atoms with Crippen molar-refractivity contribution >= 4 is 29.3 Å². The SMILES string of the molecule is CC(C)c1ccccc1OCC(=O)NCCSCc1ccc(Cl)cc1. The molecule has 1 N–H and O–H groups in total. The molecule has 0 spiro atoms. The fourth-order valence-electron chi connectivity index (χ4n) is 2.32. The number of hydrogen-bond acceptors (Lipinski definition) is 3. The van der Waals surface area contributed by atoms with Crippen molar-refractivity contribution < 1.29 is 9.53 Å². The topological polar surface area (TPSA) is 38.3 Å². The third kappa shape index (κ3) is 7.00. The maximum Gasteiger partial charge on any atom is 0.257 e. The highest BCUT2D eigenvalue weighted by Gasteiger charge is 2.08. The molecule has 2 aromatic carbocycles. The van der Waals surface area contributed by atoms with E-state index in [1.54, 1.807) is 11.8 Å². The number of benzene rings is 2. The van der Waals surface area contributed by atoms with E-state index in [2.05, 4.69) is 19.2 Å². The molecule has 0 aliphatic carbocycles. The lowest BCUT2D eigenvalue weighted by molar-refractivity contribution is -0.122. The summed E-state index contributed by atoms with van der Waals surface area (Å²) in [6, 6.07) is 15.7. The molecule has 0 heterocycles. The first-order chi connectivity index (χ1) is 12.1. The standard InChI is InChI=1S/C20H24ClNO2S/c1-15(2)18-5-3-4-6-19(18)24-13-20(23)22-11-12-25-14-16-7-9-17(21)10-8-16/h3-10,15H,11-14H2,1-2H3,(H,22,23). The van der Waals surface area contributed by atoms with Crippen LogP contribution in [0.2, 0.25) is 5.02 Å². The predicted octanol–water partition coefficient (Wildman–Crippen LogP) is 4.89.